The van der Waals surface area contributed by atoms with E-state index in [0.29, 0.717) is 44.9 Å². The van der Waals surface area contributed by atoms with E-state index in [1.165, 1.54) is 0 Å². The van der Waals surface area contributed by atoms with Crippen molar-refractivity contribution in [3.8, 4) is 0 Å². The molecular formula is C31H42F6O11S. The summed E-state index contributed by atoms with van der Waals surface area (Å²) >= 11 is 0. The van der Waals surface area contributed by atoms with E-state index in [4.69, 9.17) is 33.0 Å². The standard InChI is InChI=1S/C31H42F6O11S/c32-29(33)15-45-23(46-16-30(29,34)35)20-7-18-3-1-5-27(9-18,11-20)25(38)44-14-22-13-43-24(48-22)21-8-19-4-2-6-28(10-19,12-21)26(39)47-17-31(36,37)49(40,41)42/h18-24H,1-17H2,(H,40,41,42). The van der Waals surface area contributed by atoms with Crippen LogP contribution in [-0.2, 0) is 48.1 Å². The molecule has 4 saturated carbocycles. The van der Waals surface area contributed by atoms with Gasteiger partial charge in [-0.25, -0.2) is 0 Å². The number of carbonyl (C=O) groups excluding carboxylic acids is 2. The van der Waals surface area contributed by atoms with Crippen molar-refractivity contribution < 1.29 is 77.3 Å². The molecule has 0 aromatic carbocycles. The number of rotatable bonds is 9. The lowest BCUT2D eigenvalue weighted by Gasteiger charge is -2.47. The highest BCUT2D eigenvalue weighted by molar-refractivity contribution is 7.86. The molecule has 4 bridgehead atoms. The molecule has 2 heterocycles. The molecule has 49 heavy (non-hydrogen) atoms. The number of halogens is 6. The number of hydrogen-bond donors (Lipinski definition) is 1. The summed E-state index contributed by atoms with van der Waals surface area (Å²) in [5.41, 5.74) is -2.11. The highest BCUT2D eigenvalue weighted by Crippen LogP contribution is 2.55. The zero-order chi connectivity index (χ0) is 35.5. The van der Waals surface area contributed by atoms with Gasteiger partial charge in [0.25, 0.3) is 0 Å². The van der Waals surface area contributed by atoms with Gasteiger partial charge in [-0.3, -0.25) is 14.1 Å². The zero-order valence-electron chi connectivity index (χ0n) is 26.8. The molecule has 0 radical (unpaired) electrons. The lowest BCUT2D eigenvalue weighted by molar-refractivity contribution is -0.222. The predicted octanol–water partition coefficient (Wildman–Crippen LogP) is 5.11. The molecule has 1 N–H and O–H groups in total. The van der Waals surface area contributed by atoms with Gasteiger partial charge < -0.3 is 28.4 Å². The van der Waals surface area contributed by atoms with Crippen LogP contribution in [0.2, 0.25) is 0 Å². The number of ether oxygens (including phenoxy) is 6. The van der Waals surface area contributed by atoms with Crippen molar-refractivity contribution in [2.75, 3.05) is 33.0 Å². The Labute approximate surface area is 279 Å². The Balaban J connectivity index is 1.04. The topological polar surface area (TPSA) is 144 Å². The van der Waals surface area contributed by atoms with Crippen molar-refractivity contribution in [1.29, 1.82) is 0 Å². The second kappa shape index (κ2) is 13.4. The van der Waals surface area contributed by atoms with Crippen LogP contribution in [0.15, 0.2) is 0 Å². The molecular weight excluding hydrogens is 694 g/mol. The first-order valence-electron chi connectivity index (χ1n) is 16.8. The van der Waals surface area contributed by atoms with Crippen molar-refractivity contribution >= 4 is 22.1 Å². The molecule has 2 saturated heterocycles. The molecule has 280 valence electrons. The fourth-order valence-electron chi connectivity index (χ4n) is 9.13. The molecule has 6 aliphatic rings. The van der Waals surface area contributed by atoms with Crippen molar-refractivity contribution in [2.45, 2.75) is 113 Å². The van der Waals surface area contributed by atoms with Crippen LogP contribution in [0.1, 0.15) is 77.0 Å². The lowest BCUT2D eigenvalue weighted by Crippen LogP contribution is -2.48. The average molecular weight is 737 g/mol. The Kier molecular flexibility index (Phi) is 10.1. The third-order valence-electron chi connectivity index (χ3n) is 11.4. The Morgan fingerprint density at radius 3 is 1.82 bits per heavy atom. The maximum Gasteiger partial charge on any atom is 0.402 e. The van der Waals surface area contributed by atoms with Crippen molar-refractivity contribution in [3.63, 3.8) is 0 Å². The normalized spacial score (nSPS) is 39.5. The van der Waals surface area contributed by atoms with E-state index >= 15 is 0 Å². The molecule has 0 aromatic rings. The van der Waals surface area contributed by atoms with Crippen LogP contribution < -0.4 is 0 Å². The highest BCUT2D eigenvalue weighted by atomic mass is 32.2. The van der Waals surface area contributed by atoms with Gasteiger partial charge in [0.1, 0.15) is 25.9 Å². The van der Waals surface area contributed by atoms with Crippen molar-refractivity contribution in [2.24, 2.45) is 34.5 Å². The maximum atomic E-state index is 13.9. The van der Waals surface area contributed by atoms with E-state index in [1.807, 2.05) is 0 Å². The van der Waals surface area contributed by atoms with Crippen molar-refractivity contribution in [3.05, 3.63) is 0 Å². The van der Waals surface area contributed by atoms with Gasteiger partial charge in [-0.05, 0) is 63.2 Å². The SMILES string of the molecule is O=C(OCC1COC(C2CC3CCCC(C(=O)OCC(F)(F)S(=O)(=O)O)(C3)C2)O1)C12CCCC(CC(C3OCC(F)(F)C(F)(F)CO3)C1)C2. The van der Waals surface area contributed by atoms with Gasteiger partial charge in [0.15, 0.2) is 19.2 Å². The molecule has 18 heteroatoms. The second-order valence-corrected chi connectivity index (χ2v) is 16.6. The van der Waals surface area contributed by atoms with E-state index in [9.17, 15) is 44.3 Å². The Morgan fingerprint density at radius 1 is 0.776 bits per heavy atom. The number of esters is 2. The molecule has 0 aromatic heterocycles. The molecule has 0 amide bonds. The zero-order valence-corrected chi connectivity index (χ0v) is 27.6. The van der Waals surface area contributed by atoms with Crippen LogP contribution >= 0.6 is 0 Å². The summed E-state index contributed by atoms with van der Waals surface area (Å²) in [4.78, 5) is 26.7. The van der Waals surface area contributed by atoms with Gasteiger partial charge in [0.05, 0.1) is 17.4 Å². The van der Waals surface area contributed by atoms with E-state index in [1.54, 1.807) is 0 Å². The van der Waals surface area contributed by atoms with Gasteiger partial charge in [-0.15, -0.1) is 0 Å². The average Bonchev–Trinajstić information content (AvgIpc) is 3.46. The quantitative estimate of drug-likeness (QED) is 0.192. The predicted molar refractivity (Wildman–Crippen MR) is 153 cm³/mol. The maximum absolute atomic E-state index is 13.9. The van der Waals surface area contributed by atoms with Gasteiger partial charge in [0.2, 0.25) is 0 Å². The third-order valence-corrected chi connectivity index (χ3v) is 12.3. The largest absolute Gasteiger partial charge is 0.462 e. The van der Waals surface area contributed by atoms with Crippen LogP contribution in [0.3, 0.4) is 0 Å². The molecule has 11 nitrogen and oxygen atoms in total. The molecule has 4 aliphatic carbocycles. The highest BCUT2D eigenvalue weighted by Gasteiger charge is 2.60. The fourth-order valence-corrected chi connectivity index (χ4v) is 9.34. The van der Waals surface area contributed by atoms with Crippen LogP contribution in [0.25, 0.3) is 0 Å². The molecule has 6 fully saturated rings. The number of alkyl halides is 6. The molecule has 0 spiro atoms. The minimum atomic E-state index is -5.77. The van der Waals surface area contributed by atoms with E-state index in [-0.39, 0.29) is 43.8 Å². The summed E-state index contributed by atoms with van der Waals surface area (Å²) in [5.74, 6) is -11.0. The summed E-state index contributed by atoms with van der Waals surface area (Å²) < 4.78 is 147. The summed E-state index contributed by atoms with van der Waals surface area (Å²) in [7, 11) is -5.77. The minimum absolute atomic E-state index is 0.0380. The van der Waals surface area contributed by atoms with Crippen LogP contribution in [0.5, 0.6) is 0 Å². The minimum Gasteiger partial charge on any atom is -0.462 e. The first-order chi connectivity index (χ1) is 22.8. The summed E-state index contributed by atoms with van der Waals surface area (Å²) in [6.45, 7) is -4.87. The van der Waals surface area contributed by atoms with E-state index in [2.05, 4.69) is 0 Å². The number of carbonyl (C=O) groups is 2. The third kappa shape index (κ3) is 7.46. The summed E-state index contributed by atoms with van der Waals surface area (Å²) in [6.07, 6.45) is 3.37. The lowest BCUT2D eigenvalue weighted by atomic mass is 9.58. The van der Waals surface area contributed by atoms with Gasteiger partial charge in [-0.1, -0.05) is 25.7 Å². The van der Waals surface area contributed by atoms with Gasteiger partial charge in [-0.2, -0.15) is 34.8 Å². The monoisotopic (exact) mass is 736 g/mol. The Morgan fingerprint density at radius 2 is 1.29 bits per heavy atom. The molecule has 2 aliphatic heterocycles. The number of hydrogen-bond acceptors (Lipinski definition) is 10. The smallest absolute Gasteiger partial charge is 0.402 e. The van der Waals surface area contributed by atoms with E-state index < -0.39 is 94.4 Å². The second-order valence-electron chi connectivity index (χ2n) is 15.0. The van der Waals surface area contributed by atoms with Gasteiger partial charge >= 0.3 is 39.2 Å². The van der Waals surface area contributed by atoms with Crippen LogP contribution in [0.4, 0.5) is 26.3 Å². The molecule has 8 atom stereocenters. The molecule has 8 unspecified atom stereocenters. The Bertz CT molecular complexity index is 1350. The van der Waals surface area contributed by atoms with Crippen LogP contribution in [0, 0.1) is 34.5 Å². The van der Waals surface area contributed by atoms with Gasteiger partial charge in [0, 0.05) is 11.8 Å². The summed E-state index contributed by atoms with van der Waals surface area (Å²) in [6, 6.07) is 0. The number of fused-ring (bicyclic) bond motifs is 4. The Hall–Kier alpha value is -1.73. The first kappa shape index (κ1) is 37.0. The van der Waals surface area contributed by atoms with Crippen molar-refractivity contribution in [1.82, 2.24) is 0 Å². The molecule has 6 rings (SSSR count). The summed E-state index contributed by atoms with van der Waals surface area (Å²) in [5, 5.41) is -4.65. The fraction of sp³-hybridized carbons (Fsp3) is 0.935. The van der Waals surface area contributed by atoms with E-state index in [0.717, 1.165) is 19.3 Å². The first-order valence-corrected chi connectivity index (χ1v) is 18.2. The van der Waals surface area contributed by atoms with Crippen LogP contribution in [-0.4, -0.2) is 93.7 Å².